The fraction of sp³-hybridized carbons (Fsp3) is 0.364. The molecule has 1 amide bonds. The fourth-order valence-corrected chi connectivity index (χ4v) is 2.00. The van der Waals surface area contributed by atoms with E-state index < -0.39 is 16.4 Å². The summed E-state index contributed by atoms with van der Waals surface area (Å²) in [6, 6.07) is 3.52. The summed E-state index contributed by atoms with van der Waals surface area (Å²) in [5.74, 6) is -0.100. The van der Waals surface area contributed by atoms with Crippen LogP contribution in [0.25, 0.3) is 0 Å². The number of hydrogen-bond donors (Lipinski definition) is 2. The molecule has 7 heteroatoms. The second kappa shape index (κ2) is 6.25. The zero-order chi connectivity index (χ0) is 13.7. The Morgan fingerprint density at radius 2 is 2.28 bits per heavy atom. The van der Waals surface area contributed by atoms with Crippen molar-refractivity contribution in [1.82, 2.24) is 5.32 Å². The average molecular weight is 270 g/mol. The third kappa shape index (κ3) is 3.63. The molecule has 0 aliphatic rings. The van der Waals surface area contributed by atoms with E-state index in [1.165, 1.54) is 6.07 Å². The standard InChI is InChI=1S/C11H14N2O4S/c1-7(6-18-2)12-11(15)8-3-4-9(13(16)17)10(14)5-8/h3-5,7,14H,6H2,1-2H3,(H,12,15). The average Bonchev–Trinajstić information content (AvgIpc) is 2.28. The molecule has 1 unspecified atom stereocenters. The van der Waals surface area contributed by atoms with Crippen LogP contribution in [0.3, 0.4) is 0 Å². The van der Waals surface area contributed by atoms with Crippen LogP contribution < -0.4 is 5.32 Å². The highest BCUT2D eigenvalue weighted by atomic mass is 32.2. The second-order valence-corrected chi connectivity index (χ2v) is 4.70. The molecule has 1 aromatic rings. The first-order valence-corrected chi connectivity index (χ1v) is 6.62. The Labute approximate surface area is 109 Å². The van der Waals surface area contributed by atoms with Crippen molar-refractivity contribution in [3.8, 4) is 5.75 Å². The molecule has 0 fully saturated rings. The molecule has 1 rings (SSSR count). The Balaban J connectivity index is 2.81. The predicted molar refractivity (Wildman–Crippen MR) is 70.1 cm³/mol. The van der Waals surface area contributed by atoms with Gasteiger partial charge in [0.15, 0.2) is 5.75 Å². The lowest BCUT2D eigenvalue weighted by Gasteiger charge is -2.12. The molecule has 2 N–H and O–H groups in total. The predicted octanol–water partition coefficient (Wildman–Crippen LogP) is 1.78. The molecular formula is C11H14N2O4S. The summed E-state index contributed by atoms with van der Waals surface area (Å²) >= 11 is 1.60. The number of hydrogen-bond acceptors (Lipinski definition) is 5. The van der Waals surface area contributed by atoms with Crippen LogP contribution in [0.4, 0.5) is 5.69 Å². The first-order valence-electron chi connectivity index (χ1n) is 5.23. The number of benzene rings is 1. The van der Waals surface area contributed by atoms with Crippen molar-refractivity contribution >= 4 is 23.4 Å². The smallest absolute Gasteiger partial charge is 0.310 e. The largest absolute Gasteiger partial charge is 0.502 e. The Hall–Kier alpha value is -1.76. The quantitative estimate of drug-likeness (QED) is 0.628. The molecule has 0 bridgehead atoms. The number of rotatable bonds is 5. The van der Waals surface area contributed by atoms with Crippen molar-refractivity contribution in [2.24, 2.45) is 0 Å². The van der Waals surface area contributed by atoms with E-state index in [-0.39, 0.29) is 17.5 Å². The number of nitrogens with zero attached hydrogens (tertiary/aromatic N) is 1. The summed E-state index contributed by atoms with van der Waals surface area (Å²) in [4.78, 5) is 21.6. The number of phenols is 1. The van der Waals surface area contributed by atoms with Gasteiger partial charge in [-0.1, -0.05) is 0 Å². The number of carbonyl (C=O) groups is 1. The van der Waals surface area contributed by atoms with E-state index in [1.807, 2.05) is 13.2 Å². The zero-order valence-corrected chi connectivity index (χ0v) is 10.9. The van der Waals surface area contributed by atoms with Gasteiger partial charge in [0.25, 0.3) is 5.91 Å². The molecule has 0 heterocycles. The minimum absolute atomic E-state index is 0.00941. The highest BCUT2D eigenvalue weighted by Gasteiger charge is 2.16. The van der Waals surface area contributed by atoms with E-state index in [0.717, 1.165) is 17.9 Å². The molecule has 1 aromatic carbocycles. The van der Waals surface area contributed by atoms with Gasteiger partial charge in [0.1, 0.15) is 0 Å². The highest BCUT2D eigenvalue weighted by Crippen LogP contribution is 2.26. The minimum Gasteiger partial charge on any atom is -0.502 e. The van der Waals surface area contributed by atoms with Gasteiger partial charge in [-0.3, -0.25) is 14.9 Å². The van der Waals surface area contributed by atoms with Crippen LogP contribution in [0, 0.1) is 10.1 Å². The maximum atomic E-state index is 11.8. The number of nitrogens with one attached hydrogen (secondary N) is 1. The normalized spacial score (nSPS) is 11.9. The molecule has 0 aliphatic carbocycles. The summed E-state index contributed by atoms with van der Waals surface area (Å²) in [6.07, 6.45) is 1.93. The SMILES string of the molecule is CSCC(C)NC(=O)c1ccc([N+](=O)[O-])c(O)c1. The number of carbonyl (C=O) groups excluding carboxylic acids is 1. The van der Waals surface area contributed by atoms with Crippen LogP contribution in [0.15, 0.2) is 18.2 Å². The van der Waals surface area contributed by atoms with Gasteiger partial charge in [-0.05, 0) is 25.3 Å². The van der Waals surface area contributed by atoms with Crippen molar-refractivity contribution in [2.45, 2.75) is 13.0 Å². The van der Waals surface area contributed by atoms with E-state index in [1.54, 1.807) is 11.8 Å². The molecule has 0 saturated carbocycles. The van der Waals surface area contributed by atoms with Gasteiger partial charge in [0.05, 0.1) is 4.92 Å². The summed E-state index contributed by atoms with van der Waals surface area (Å²) in [5, 5.41) is 22.7. The van der Waals surface area contributed by atoms with Gasteiger partial charge in [-0.25, -0.2) is 0 Å². The first kappa shape index (κ1) is 14.3. The molecule has 0 radical (unpaired) electrons. The van der Waals surface area contributed by atoms with Crippen LogP contribution in [0.2, 0.25) is 0 Å². The van der Waals surface area contributed by atoms with Gasteiger partial charge in [-0.15, -0.1) is 0 Å². The molecule has 6 nitrogen and oxygen atoms in total. The van der Waals surface area contributed by atoms with E-state index in [9.17, 15) is 20.0 Å². The Kier molecular flexibility index (Phi) is 4.96. The molecule has 0 aromatic heterocycles. The van der Waals surface area contributed by atoms with Crippen LogP contribution in [-0.4, -0.2) is 34.0 Å². The summed E-state index contributed by atoms with van der Waals surface area (Å²) in [5.41, 5.74) is -0.213. The lowest BCUT2D eigenvalue weighted by Crippen LogP contribution is -2.34. The van der Waals surface area contributed by atoms with Crippen LogP contribution in [-0.2, 0) is 0 Å². The number of thioether (sulfide) groups is 1. The number of nitro groups is 1. The van der Waals surface area contributed by atoms with Crippen LogP contribution in [0.1, 0.15) is 17.3 Å². The third-order valence-electron chi connectivity index (χ3n) is 2.23. The van der Waals surface area contributed by atoms with Gasteiger partial charge < -0.3 is 10.4 Å². The topological polar surface area (TPSA) is 92.5 Å². The molecule has 0 spiro atoms. The molecule has 98 valence electrons. The van der Waals surface area contributed by atoms with Crippen LogP contribution >= 0.6 is 11.8 Å². The Bertz CT molecular complexity index is 464. The number of nitro benzene ring substituents is 1. The number of aromatic hydroxyl groups is 1. The Morgan fingerprint density at radius 1 is 1.61 bits per heavy atom. The fourth-order valence-electron chi connectivity index (χ4n) is 1.42. The molecule has 1 atom stereocenters. The van der Waals surface area contributed by atoms with Crippen molar-refractivity contribution in [1.29, 1.82) is 0 Å². The minimum atomic E-state index is -0.701. The number of amides is 1. The maximum Gasteiger partial charge on any atom is 0.310 e. The van der Waals surface area contributed by atoms with Crippen molar-refractivity contribution < 1.29 is 14.8 Å². The van der Waals surface area contributed by atoms with Crippen molar-refractivity contribution in [3.05, 3.63) is 33.9 Å². The first-order chi connectivity index (χ1) is 8.45. The molecular weight excluding hydrogens is 256 g/mol. The van der Waals surface area contributed by atoms with Gasteiger partial charge in [-0.2, -0.15) is 11.8 Å². The molecule has 0 aliphatic heterocycles. The second-order valence-electron chi connectivity index (χ2n) is 3.79. The zero-order valence-electron chi connectivity index (χ0n) is 10.0. The van der Waals surface area contributed by atoms with Crippen molar-refractivity contribution in [3.63, 3.8) is 0 Å². The van der Waals surface area contributed by atoms with Crippen LogP contribution in [0.5, 0.6) is 5.75 Å². The summed E-state index contributed by atoms with van der Waals surface area (Å²) in [6.45, 7) is 1.86. The summed E-state index contributed by atoms with van der Waals surface area (Å²) < 4.78 is 0. The number of phenolic OH excluding ortho intramolecular Hbond substituents is 1. The maximum absolute atomic E-state index is 11.8. The van der Waals surface area contributed by atoms with E-state index in [2.05, 4.69) is 5.32 Å². The van der Waals surface area contributed by atoms with E-state index >= 15 is 0 Å². The summed E-state index contributed by atoms with van der Waals surface area (Å²) in [7, 11) is 0. The van der Waals surface area contributed by atoms with E-state index in [0.29, 0.717) is 0 Å². The third-order valence-corrected chi connectivity index (χ3v) is 3.06. The Morgan fingerprint density at radius 3 is 2.78 bits per heavy atom. The molecule has 18 heavy (non-hydrogen) atoms. The lowest BCUT2D eigenvalue weighted by atomic mass is 10.1. The lowest BCUT2D eigenvalue weighted by molar-refractivity contribution is -0.385. The van der Waals surface area contributed by atoms with E-state index in [4.69, 9.17) is 0 Å². The van der Waals surface area contributed by atoms with Crippen molar-refractivity contribution in [2.75, 3.05) is 12.0 Å². The molecule has 0 saturated heterocycles. The van der Waals surface area contributed by atoms with Gasteiger partial charge in [0.2, 0.25) is 0 Å². The van der Waals surface area contributed by atoms with Gasteiger partial charge in [0, 0.05) is 23.4 Å². The van der Waals surface area contributed by atoms with Gasteiger partial charge >= 0.3 is 5.69 Å². The highest BCUT2D eigenvalue weighted by molar-refractivity contribution is 7.98. The monoisotopic (exact) mass is 270 g/mol.